The van der Waals surface area contributed by atoms with Gasteiger partial charge in [-0.05, 0) is 61.2 Å². The summed E-state index contributed by atoms with van der Waals surface area (Å²) in [6, 6.07) is 11.3. The van der Waals surface area contributed by atoms with Crippen molar-refractivity contribution >= 4 is 63.5 Å². The topological polar surface area (TPSA) is 38.8 Å². The summed E-state index contributed by atoms with van der Waals surface area (Å²) in [5.41, 5.74) is 1.77. The van der Waals surface area contributed by atoms with Crippen LogP contribution in [0.15, 0.2) is 41.3 Å². The van der Waals surface area contributed by atoms with Gasteiger partial charge in [0.05, 0.1) is 21.6 Å². The van der Waals surface area contributed by atoms with E-state index in [4.69, 9.17) is 44.9 Å². The van der Waals surface area contributed by atoms with Crippen molar-refractivity contribution in [3.05, 3.63) is 62.5 Å². The molecule has 2 aliphatic rings. The highest BCUT2D eigenvalue weighted by molar-refractivity contribution is 8.26. The summed E-state index contributed by atoms with van der Waals surface area (Å²) >= 11 is 19.0. The number of halogens is 2. The highest BCUT2D eigenvalue weighted by atomic mass is 35.5. The smallest absolute Gasteiger partial charge is 0.266 e. The SMILES string of the molecule is CCOc1cc(/C=C2/SC(=S)N(C3CCCCC3)C2=O)ccc1OCc1ccc(Cl)c(Cl)c1. The van der Waals surface area contributed by atoms with Crippen molar-refractivity contribution < 1.29 is 14.3 Å². The molecule has 8 heteroatoms. The Hall–Kier alpha value is -1.73. The molecule has 4 rings (SSSR count). The Morgan fingerprint density at radius 2 is 1.85 bits per heavy atom. The quantitative estimate of drug-likeness (QED) is 0.278. The van der Waals surface area contributed by atoms with Crippen molar-refractivity contribution in [2.75, 3.05) is 6.61 Å². The van der Waals surface area contributed by atoms with Crippen LogP contribution in [0.4, 0.5) is 0 Å². The van der Waals surface area contributed by atoms with Crippen LogP contribution in [0.3, 0.4) is 0 Å². The lowest BCUT2D eigenvalue weighted by Gasteiger charge is -2.29. The predicted molar refractivity (Wildman–Crippen MR) is 140 cm³/mol. The van der Waals surface area contributed by atoms with Crippen molar-refractivity contribution in [2.24, 2.45) is 0 Å². The third-order valence-electron chi connectivity index (χ3n) is 5.71. The normalized spacial score (nSPS) is 18.3. The fourth-order valence-electron chi connectivity index (χ4n) is 4.08. The van der Waals surface area contributed by atoms with E-state index in [0.717, 1.165) is 36.8 Å². The second-order valence-corrected chi connectivity index (χ2v) is 10.5. The first-order chi connectivity index (χ1) is 16.0. The maximum absolute atomic E-state index is 13.1. The summed E-state index contributed by atoms with van der Waals surface area (Å²) in [6.45, 7) is 2.75. The van der Waals surface area contributed by atoms with E-state index in [2.05, 4.69) is 0 Å². The van der Waals surface area contributed by atoms with E-state index in [9.17, 15) is 4.79 Å². The monoisotopic (exact) mass is 521 g/mol. The summed E-state index contributed by atoms with van der Waals surface area (Å²) in [5.74, 6) is 1.25. The van der Waals surface area contributed by atoms with Crippen LogP contribution >= 0.6 is 47.2 Å². The number of ether oxygens (including phenoxy) is 2. The summed E-state index contributed by atoms with van der Waals surface area (Å²) in [4.78, 5) is 15.6. The maximum Gasteiger partial charge on any atom is 0.266 e. The van der Waals surface area contributed by atoms with Crippen molar-refractivity contribution in [1.82, 2.24) is 4.90 Å². The highest BCUT2D eigenvalue weighted by Gasteiger charge is 2.37. The Balaban J connectivity index is 1.50. The molecule has 1 aliphatic heterocycles. The molecule has 1 saturated carbocycles. The molecular formula is C25H25Cl2NO3S2. The van der Waals surface area contributed by atoms with Crippen LogP contribution in [0.5, 0.6) is 11.5 Å². The molecule has 0 bridgehead atoms. The van der Waals surface area contributed by atoms with Gasteiger partial charge in [-0.2, -0.15) is 0 Å². The summed E-state index contributed by atoms with van der Waals surface area (Å²) in [7, 11) is 0. The van der Waals surface area contributed by atoms with Gasteiger partial charge in [0.1, 0.15) is 10.9 Å². The van der Waals surface area contributed by atoms with Crippen molar-refractivity contribution in [1.29, 1.82) is 0 Å². The number of thiocarbonyl (C=S) groups is 1. The molecule has 1 heterocycles. The standard InChI is InChI=1S/C25H25Cl2NO3S2/c1-2-30-22-13-16(9-11-21(22)31-15-17-8-10-19(26)20(27)12-17)14-23-24(29)28(25(32)33-23)18-6-4-3-5-7-18/h8-14,18H,2-7,15H2,1H3/b23-14+. The van der Waals surface area contributed by atoms with Gasteiger partial charge in [-0.15, -0.1) is 0 Å². The van der Waals surface area contributed by atoms with Crippen molar-refractivity contribution in [3.8, 4) is 11.5 Å². The molecule has 0 atom stereocenters. The zero-order chi connectivity index (χ0) is 23.4. The number of benzene rings is 2. The van der Waals surface area contributed by atoms with Crippen LogP contribution in [-0.4, -0.2) is 27.8 Å². The molecule has 1 amide bonds. The first-order valence-electron chi connectivity index (χ1n) is 11.1. The van der Waals surface area contributed by atoms with Gasteiger partial charge < -0.3 is 9.47 Å². The maximum atomic E-state index is 13.1. The van der Waals surface area contributed by atoms with E-state index >= 15 is 0 Å². The minimum atomic E-state index is 0.00908. The summed E-state index contributed by atoms with van der Waals surface area (Å²) in [6.07, 6.45) is 7.48. The molecule has 2 aromatic rings. The Morgan fingerprint density at radius 3 is 2.58 bits per heavy atom. The fraction of sp³-hybridized carbons (Fsp3) is 0.360. The molecule has 33 heavy (non-hydrogen) atoms. The van der Waals surface area contributed by atoms with Crippen LogP contribution in [-0.2, 0) is 11.4 Å². The van der Waals surface area contributed by atoms with Crippen molar-refractivity contribution in [2.45, 2.75) is 51.7 Å². The highest BCUT2D eigenvalue weighted by Crippen LogP contribution is 2.38. The molecule has 0 aromatic heterocycles. The number of carbonyl (C=O) groups is 1. The molecule has 4 nitrogen and oxygen atoms in total. The average Bonchev–Trinajstić information content (AvgIpc) is 3.09. The molecular weight excluding hydrogens is 497 g/mol. The fourth-order valence-corrected chi connectivity index (χ4v) is 5.80. The number of hydrogen-bond acceptors (Lipinski definition) is 5. The van der Waals surface area contributed by atoms with Gasteiger partial charge in [0.2, 0.25) is 0 Å². The Morgan fingerprint density at radius 1 is 1.06 bits per heavy atom. The third-order valence-corrected chi connectivity index (χ3v) is 7.78. The molecule has 0 N–H and O–H groups in total. The van der Waals surface area contributed by atoms with E-state index < -0.39 is 0 Å². The van der Waals surface area contributed by atoms with E-state index in [0.29, 0.717) is 44.0 Å². The molecule has 0 radical (unpaired) electrons. The average molecular weight is 523 g/mol. The lowest BCUT2D eigenvalue weighted by atomic mass is 9.94. The van der Waals surface area contributed by atoms with Gasteiger partial charge in [-0.3, -0.25) is 9.69 Å². The molecule has 174 valence electrons. The van der Waals surface area contributed by atoms with Crippen LogP contribution in [0.25, 0.3) is 6.08 Å². The first kappa shape index (κ1) is 24.4. The minimum absolute atomic E-state index is 0.00908. The number of nitrogens with zero attached hydrogens (tertiary/aromatic N) is 1. The third kappa shape index (κ3) is 5.86. The Kier molecular flexibility index (Phi) is 8.23. The summed E-state index contributed by atoms with van der Waals surface area (Å²) in [5, 5.41) is 0.998. The second-order valence-electron chi connectivity index (χ2n) is 8.02. The number of hydrogen-bond donors (Lipinski definition) is 0. The van der Waals surface area contributed by atoms with Crippen LogP contribution in [0.1, 0.15) is 50.2 Å². The van der Waals surface area contributed by atoms with Gasteiger partial charge in [0, 0.05) is 6.04 Å². The van der Waals surface area contributed by atoms with Crippen molar-refractivity contribution in [3.63, 3.8) is 0 Å². The molecule has 1 saturated heterocycles. The first-order valence-corrected chi connectivity index (χ1v) is 13.0. The zero-order valence-corrected chi connectivity index (χ0v) is 21.5. The summed E-state index contributed by atoms with van der Waals surface area (Å²) < 4.78 is 12.4. The number of thioether (sulfide) groups is 1. The lowest BCUT2D eigenvalue weighted by Crippen LogP contribution is -2.39. The van der Waals surface area contributed by atoms with Crippen LogP contribution in [0, 0.1) is 0 Å². The molecule has 1 aliphatic carbocycles. The molecule has 2 aromatic carbocycles. The van der Waals surface area contributed by atoms with Gasteiger partial charge in [-0.1, -0.05) is 78.6 Å². The lowest BCUT2D eigenvalue weighted by molar-refractivity contribution is -0.124. The second kappa shape index (κ2) is 11.1. The van der Waals surface area contributed by atoms with E-state index in [-0.39, 0.29) is 11.9 Å². The van der Waals surface area contributed by atoms with Gasteiger partial charge in [0.15, 0.2) is 11.5 Å². The largest absolute Gasteiger partial charge is 0.490 e. The Bertz CT molecular complexity index is 1080. The number of rotatable bonds is 7. The van der Waals surface area contributed by atoms with Crippen LogP contribution in [0.2, 0.25) is 10.0 Å². The molecule has 2 fully saturated rings. The van der Waals surface area contributed by atoms with Gasteiger partial charge in [0.25, 0.3) is 5.91 Å². The van der Waals surface area contributed by atoms with E-state index in [1.165, 1.54) is 18.2 Å². The number of amides is 1. The molecule has 0 spiro atoms. The minimum Gasteiger partial charge on any atom is -0.490 e. The predicted octanol–water partition coefficient (Wildman–Crippen LogP) is 7.51. The van der Waals surface area contributed by atoms with Crippen LogP contribution < -0.4 is 9.47 Å². The van der Waals surface area contributed by atoms with E-state index in [1.807, 2.05) is 42.2 Å². The van der Waals surface area contributed by atoms with E-state index in [1.54, 1.807) is 12.1 Å². The number of carbonyl (C=O) groups excluding carboxylic acids is 1. The zero-order valence-electron chi connectivity index (χ0n) is 18.3. The van der Waals surface area contributed by atoms with Gasteiger partial charge >= 0.3 is 0 Å². The Labute approximate surface area is 214 Å². The van der Waals surface area contributed by atoms with Gasteiger partial charge in [-0.25, -0.2) is 0 Å². The molecule has 0 unspecified atom stereocenters.